The van der Waals surface area contributed by atoms with Gasteiger partial charge in [0.15, 0.2) is 12.4 Å². The van der Waals surface area contributed by atoms with E-state index in [1.54, 1.807) is 13.8 Å². The molecule has 8 nitrogen and oxygen atoms in total. The van der Waals surface area contributed by atoms with Crippen LogP contribution in [0.2, 0.25) is 0 Å². The van der Waals surface area contributed by atoms with Crippen molar-refractivity contribution in [3.63, 3.8) is 0 Å². The molecule has 8 heteroatoms. The Morgan fingerprint density at radius 2 is 1.65 bits per heavy atom. The number of ether oxygens (including phenoxy) is 4. The minimum Gasteiger partial charge on any atom is -0.457 e. The van der Waals surface area contributed by atoms with Gasteiger partial charge in [0, 0.05) is 24.4 Å². The number of aliphatic hydroxyl groups excluding tert-OH is 1. The van der Waals surface area contributed by atoms with E-state index in [-0.39, 0.29) is 57.5 Å². The zero-order valence-corrected chi connectivity index (χ0v) is 31.9. The van der Waals surface area contributed by atoms with Crippen molar-refractivity contribution in [1.29, 1.82) is 0 Å². The van der Waals surface area contributed by atoms with Gasteiger partial charge in [-0.1, -0.05) is 34.6 Å². The molecule has 14 unspecified atom stereocenters. The first-order valence-corrected chi connectivity index (χ1v) is 19.4. The Morgan fingerprint density at radius 1 is 0.979 bits per heavy atom. The van der Waals surface area contributed by atoms with E-state index < -0.39 is 29.9 Å². The van der Waals surface area contributed by atoms with Gasteiger partial charge in [0.25, 0.3) is 0 Å². The second-order valence-electron chi connectivity index (χ2n) is 20.3. The number of hydrogen-bond acceptors (Lipinski definition) is 8. The Morgan fingerprint density at radius 3 is 2.29 bits per heavy atom. The van der Waals surface area contributed by atoms with Gasteiger partial charge < -0.3 is 29.2 Å². The number of rotatable bonds is 5. The third-order valence-corrected chi connectivity index (χ3v) is 16.4. The number of morpholine rings is 1. The van der Waals surface area contributed by atoms with Crippen molar-refractivity contribution in [2.24, 2.45) is 50.7 Å². The molecule has 14 atom stereocenters. The van der Waals surface area contributed by atoms with Crippen LogP contribution in [-0.2, 0) is 23.7 Å². The SMILES string of the molecule is CC(=O)OC(C1CC(C)C2C(O1)C(O)C1(C)C3CCC4C(C)(C)C(OC5CN(C(C)(C)C)CCO5)CCC45CC35CCC21C)C(C)(C)O. The highest BCUT2D eigenvalue weighted by molar-refractivity contribution is 5.66. The average molecular weight is 674 g/mol. The number of hydrogen-bond donors (Lipinski definition) is 2. The maximum atomic E-state index is 12.6. The van der Waals surface area contributed by atoms with E-state index in [1.807, 2.05) is 0 Å². The molecule has 7 rings (SSSR count). The molecule has 7 aliphatic rings. The fourth-order valence-corrected chi connectivity index (χ4v) is 14.1. The van der Waals surface area contributed by atoms with Crippen molar-refractivity contribution >= 4 is 5.97 Å². The number of nitrogens with zero attached hydrogens (tertiary/aromatic N) is 1. The van der Waals surface area contributed by atoms with E-state index in [2.05, 4.69) is 60.3 Å². The van der Waals surface area contributed by atoms with Gasteiger partial charge in [0.1, 0.15) is 0 Å². The molecule has 7 fully saturated rings. The summed E-state index contributed by atoms with van der Waals surface area (Å²) in [6, 6.07) is 0. The summed E-state index contributed by atoms with van der Waals surface area (Å²) >= 11 is 0. The van der Waals surface area contributed by atoms with Crippen LogP contribution >= 0.6 is 0 Å². The van der Waals surface area contributed by atoms with Crippen LogP contribution in [0.1, 0.15) is 128 Å². The molecule has 48 heavy (non-hydrogen) atoms. The van der Waals surface area contributed by atoms with Crippen molar-refractivity contribution in [2.45, 2.75) is 175 Å². The standard InChI is InChI=1S/C40H67NO7/c1-23-20-25(33(36(8,9)44)46-24(2)42)47-31-30(23)37(10)16-17-40-22-39(40)15-14-28(48-29-21-41(18-19-45-29)34(3,4)5)35(6,7)26(39)12-13-27(40)38(37,11)32(31)43/h23,25-33,43-44H,12-22H2,1-11H3. The van der Waals surface area contributed by atoms with Crippen LogP contribution in [0.25, 0.3) is 0 Å². The first kappa shape index (κ1) is 35.6. The quantitative estimate of drug-likeness (QED) is 0.327. The maximum absolute atomic E-state index is 12.6. The molecular weight excluding hydrogens is 606 g/mol. The molecular formula is C40H67NO7. The number of carbonyl (C=O) groups is 1. The molecule has 274 valence electrons. The minimum atomic E-state index is -1.25. The molecule has 0 aromatic rings. The molecule has 0 amide bonds. The summed E-state index contributed by atoms with van der Waals surface area (Å²) in [7, 11) is 0. The van der Waals surface area contributed by atoms with E-state index in [0.717, 1.165) is 39.0 Å². The first-order chi connectivity index (χ1) is 22.1. The zero-order chi connectivity index (χ0) is 35.0. The molecule has 2 heterocycles. The monoisotopic (exact) mass is 673 g/mol. The van der Waals surface area contributed by atoms with Crippen molar-refractivity contribution in [3.8, 4) is 0 Å². The van der Waals surface area contributed by atoms with E-state index >= 15 is 0 Å². The van der Waals surface area contributed by atoms with Gasteiger partial charge in [0.2, 0.25) is 0 Å². The Labute approximate surface area is 290 Å². The van der Waals surface area contributed by atoms with E-state index in [4.69, 9.17) is 18.9 Å². The van der Waals surface area contributed by atoms with E-state index in [0.29, 0.717) is 23.7 Å². The van der Waals surface area contributed by atoms with E-state index in [1.165, 1.54) is 32.6 Å². The number of carbonyl (C=O) groups excluding carboxylic acids is 1. The van der Waals surface area contributed by atoms with Crippen LogP contribution in [-0.4, -0.2) is 88.7 Å². The average Bonchev–Trinajstić information content (AvgIpc) is 3.61. The molecule has 0 aromatic carbocycles. The summed E-state index contributed by atoms with van der Waals surface area (Å²) < 4.78 is 25.7. The lowest BCUT2D eigenvalue weighted by Gasteiger charge is -2.64. The van der Waals surface area contributed by atoms with Crippen LogP contribution in [0.3, 0.4) is 0 Å². The molecule has 0 bridgehead atoms. The van der Waals surface area contributed by atoms with Crippen LogP contribution in [0.5, 0.6) is 0 Å². The van der Waals surface area contributed by atoms with Gasteiger partial charge in [-0.15, -0.1) is 0 Å². The van der Waals surface area contributed by atoms with E-state index in [9.17, 15) is 15.0 Å². The first-order valence-electron chi connectivity index (χ1n) is 19.4. The molecule has 5 aliphatic carbocycles. The van der Waals surface area contributed by atoms with Gasteiger partial charge >= 0.3 is 5.97 Å². The van der Waals surface area contributed by atoms with Crippen molar-refractivity contribution in [2.75, 3.05) is 19.7 Å². The molecule has 2 spiro atoms. The summed E-state index contributed by atoms with van der Waals surface area (Å²) in [5.41, 5.74) is -0.828. The highest BCUT2D eigenvalue weighted by Crippen LogP contribution is 2.89. The normalized spacial score (nSPS) is 50.6. The summed E-state index contributed by atoms with van der Waals surface area (Å²) in [4.78, 5) is 14.6. The largest absolute Gasteiger partial charge is 0.457 e. The van der Waals surface area contributed by atoms with Crippen LogP contribution in [0.15, 0.2) is 0 Å². The summed E-state index contributed by atoms with van der Waals surface area (Å²) in [5.74, 6) is 1.13. The fourth-order valence-electron chi connectivity index (χ4n) is 14.1. The highest BCUT2D eigenvalue weighted by Gasteiger charge is 2.84. The van der Waals surface area contributed by atoms with Gasteiger partial charge in [-0.25, -0.2) is 0 Å². The predicted octanol–water partition coefficient (Wildman–Crippen LogP) is 6.34. The zero-order valence-electron chi connectivity index (χ0n) is 31.9. The third-order valence-electron chi connectivity index (χ3n) is 16.4. The Bertz CT molecular complexity index is 1270. The fraction of sp³-hybridized carbons (Fsp3) is 0.975. The van der Waals surface area contributed by atoms with Gasteiger partial charge in [0.05, 0.1) is 43.2 Å². The molecule has 0 aromatic heterocycles. The maximum Gasteiger partial charge on any atom is 0.303 e. The smallest absolute Gasteiger partial charge is 0.303 e. The van der Waals surface area contributed by atoms with Gasteiger partial charge in [-0.05, 0) is 131 Å². The second kappa shape index (κ2) is 11.1. The van der Waals surface area contributed by atoms with Crippen molar-refractivity contribution in [3.05, 3.63) is 0 Å². The number of esters is 1. The lowest BCUT2D eigenvalue weighted by Crippen LogP contribution is -2.60. The van der Waals surface area contributed by atoms with Gasteiger partial charge in [-0.3, -0.25) is 9.69 Å². The van der Waals surface area contributed by atoms with Crippen LogP contribution < -0.4 is 0 Å². The minimum absolute atomic E-state index is 0.0489. The Kier molecular flexibility index (Phi) is 8.25. The Hall–Kier alpha value is -0.770. The number of fused-ring (bicyclic) bond motifs is 4. The molecule has 2 N–H and O–H groups in total. The Balaban J connectivity index is 1.13. The number of aliphatic hydroxyl groups is 2. The van der Waals surface area contributed by atoms with Crippen molar-refractivity contribution in [1.82, 2.24) is 4.90 Å². The molecule has 2 aliphatic heterocycles. The summed E-state index contributed by atoms with van der Waals surface area (Å²) in [5, 5.41) is 23.6. The van der Waals surface area contributed by atoms with Crippen molar-refractivity contribution < 1.29 is 34.0 Å². The summed E-state index contributed by atoms with van der Waals surface area (Å²) in [6.07, 6.45) is 6.78. The van der Waals surface area contributed by atoms with Gasteiger partial charge in [-0.2, -0.15) is 0 Å². The molecule has 2 saturated heterocycles. The topological polar surface area (TPSA) is 97.7 Å². The summed E-state index contributed by atoms with van der Waals surface area (Å²) in [6.45, 7) is 26.2. The predicted molar refractivity (Wildman–Crippen MR) is 184 cm³/mol. The molecule has 0 radical (unpaired) electrons. The lowest BCUT2D eigenvalue weighted by atomic mass is 9.41. The molecule has 5 saturated carbocycles. The van der Waals surface area contributed by atoms with Crippen LogP contribution in [0.4, 0.5) is 0 Å². The third kappa shape index (κ3) is 4.84. The highest BCUT2D eigenvalue weighted by atomic mass is 16.7. The lowest BCUT2D eigenvalue weighted by molar-refractivity contribution is -0.253. The second-order valence-corrected chi connectivity index (χ2v) is 20.3. The van der Waals surface area contributed by atoms with Crippen LogP contribution in [0, 0.1) is 50.7 Å².